The molecule has 0 aliphatic heterocycles. The minimum absolute atomic E-state index is 0.0595. The summed E-state index contributed by atoms with van der Waals surface area (Å²) < 4.78 is 5.49. The second-order valence-corrected chi connectivity index (χ2v) is 7.95. The van der Waals surface area contributed by atoms with E-state index in [0.717, 1.165) is 22.3 Å². The van der Waals surface area contributed by atoms with E-state index in [4.69, 9.17) is 9.84 Å². The number of alkyl carbamates (subject to hydrolysis) is 1. The largest absolute Gasteiger partial charge is 0.481 e. The number of nitrogens with zero attached hydrogens (tertiary/aromatic N) is 1. The van der Waals surface area contributed by atoms with Gasteiger partial charge in [-0.1, -0.05) is 48.5 Å². The Bertz CT molecular complexity index is 924. The zero-order valence-electron chi connectivity index (χ0n) is 17.3. The Kier molecular flexibility index (Phi) is 6.10. The van der Waals surface area contributed by atoms with E-state index in [1.165, 1.54) is 11.9 Å². The van der Waals surface area contributed by atoms with Crippen LogP contribution in [0.1, 0.15) is 37.3 Å². The van der Waals surface area contributed by atoms with E-state index < -0.39 is 23.5 Å². The van der Waals surface area contributed by atoms with Gasteiger partial charge in [0.1, 0.15) is 12.1 Å². The molecule has 0 heterocycles. The first kappa shape index (κ1) is 21.4. The third-order valence-electron chi connectivity index (χ3n) is 5.30. The van der Waals surface area contributed by atoms with Gasteiger partial charge < -0.3 is 20.1 Å². The molecule has 0 fully saturated rings. The molecule has 2 N–H and O–H groups in total. The van der Waals surface area contributed by atoms with Crippen LogP contribution in [0.5, 0.6) is 0 Å². The second-order valence-electron chi connectivity index (χ2n) is 7.95. The number of benzene rings is 2. The van der Waals surface area contributed by atoms with Crippen molar-refractivity contribution in [1.82, 2.24) is 10.2 Å². The number of aliphatic carboxylic acids is 1. The molecule has 0 aromatic heterocycles. The Balaban J connectivity index is 1.63. The number of nitrogens with one attached hydrogen (secondary N) is 1. The highest BCUT2D eigenvalue weighted by Crippen LogP contribution is 2.44. The monoisotopic (exact) mass is 410 g/mol. The lowest BCUT2D eigenvalue weighted by Gasteiger charge is -2.29. The van der Waals surface area contributed by atoms with E-state index in [2.05, 4.69) is 17.4 Å². The standard InChI is InChI=1S/C23H26N2O5/c1-23(2,21(28)25(3)13-12-20(26)27)24-22(29)30-14-19-17-10-6-4-8-15(17)16-9-5-7-11-18(16)19/h4-11,19H,12-14H2,1-3H3,(H,24,29)(H,26,27). The number of hydrogen-bond acceptors (Lipinski definition) is 4. The van der Waals surface area contributed by atoms with Gasteiger partial charge >= 0.3 is 12.1 Å². The van der Waals surface area contributed by atoms with Crippen LogP contribution >= 0.6 is 0 Å². The molecule has 0 saturated carbocycles. The van der Waals surface area contributed by atoms with Crippen molar-refractivity contribution in [2.24, 2.45) is 0 Å². The van der Waals surface area contributed by atoms with Gasteiger partial charge in [-0.2, -0.15) is 0 Å². The molecule has 1 aliphatic rings. The van der Waals surface area contributed by atoms with Crippen molar-refractivity contribution >= 4 is 18.0 Å². The third kappa shape index (κ3) is 4.45. The van der Waals surface area contributed by atoms with Gasteiger partial charge in [-0.15, -0.1) is 0 Å². The molecule has 2 aromatic rings. The highest BCUT2D eigenvalue weighted by atomic mass is 16.5. The van der Waals surface area contributed by atoms with Gasteiger partial charge in [0, 0.05) is 19.5 Å². The molecule has 1 aliphatic carbocycles. The van der Waals surface area contributed by atoms with Crippen LogP contribution in [-0.2, 0) is 14.3 Å². The number of carboxylic acid groups (broad SMARTS) is 1. The Morgan fingerprint density at radius 3 is 2.10 bits per heavy atom. The quantitative estimate of drug-likeness (QED) is 0.731. The highest BCUT2D eigenvalue weighted by molar-refractivity contribution is 5.89. The first-order valence-electron chi connectivity index (χ1n) is 9.81. The van der Waals surface area contributed by atoms with Crippen molar-refractivity contribution in [1.29, 1.82) is 0 Å². The summed E-state index contributed by atoms with van der Waals surface area (Å²) in [6.07, 6.45) is -0.856. The fourth-order valence-corrected chi connectivity index (χ4v) is 3.79. The van der Waals surface area contributed by atoms with E-state index in [-0.39, 0.29) is 25.5 Å². The molecule has 0 unspecified atom stereocenters. The van der Waals surface area contributed by atoms with Gasteiger partial charge in [-0.3, -0.25) is 9.59 Å². The molecule has 0 spiro atoms. The first-order valence-corrected chi connectivity index (χ1v) is 9.81. The number of amides is 2. The molecule has 2 aromatic carbocycles. The van der Waals surface area contributed by atoms with Crippen LogP contribution in [0.4, 0.5) is 4.79 Å². The van der Waals surface area contributed by atoms with Crippen molar-refractivity contribution in [2.75, 3.05) is 20.2 Å². The van der Waals surface area contributed by atoms with Crippen LogP contribution in [0.15, 0.2) is 48.5 Å². The summed E-state index contributed by atoms with van der Waals surface area (Å²) in [4.78, 5) is 37.0. The summed E-state index contributed by atoms with van der Waals surface area (Å²) in [7, 11) is 1.51. The van der Waals surface area contributed by atoms with E-state index in [9.17, 15) is 14.4 Å². The summed E-state index contributed by atoms with van der Waals surface area (Å²) in [5, 5.41) is 11.4. The maximum absolute atomic E-state index is 12.6. The van der Waals surface area contributed by atoms with Crippen LogP contribution in [-0.4, -0.2) is 53.7 Å². The van der Waals surface area contributed by atoms with E-state index in [1.807, 2.05) is 36.4 Å². The SMILES string of the molecule is CN(CCC(=O)O)C(=O)C(C)(C)NC(=O)OCC1c2ccccc2-c2ccccc21. The fraction of sp³-hybridized carbons (Fsp3) is 0.348. The predicted molar refractivity (Wildman–Crippen MR) is 112 cm³/mol. The van der Waals surface area contributed by atoms with E-state index >= 15 is 0 Å². The number of ether oxygens (including phenoxy) is 1. The molecule has 7 nitrogen and oxygen atoms in total. The number of carbonyl (C=O) groups is 3. The van der Waals surface area contributed by atoms with Crippen LogP contribution in [0.2, 0.25) is 0 Å². The van der Waals surface area contributed by atoms with Gasteiger partial charge in [-0.05, 0) is 36.1 Å². The maximum atomic E-state index is 12.6. The molecule has 30 heavy (non-hydrogen) atoms. The molecular formula is C23H26N2O5. The molecule has 0 bridgehead atoms. The molecule has 7 heteroatoms. The number of carboxylic acids is 1. The lowest BCUT2D eigenvalue weighted by molar-refractivity contribution is -0.139. The number of hydrogen-bond donors (Lipinski definition) is 2. The summed E-state index contributed by atoms with van der Waals surface area (Å²) in [6, 6.07) is 16.1. The Hall–Kier alpha value is -3.35. The lowest BCUT2D eigenvalue weighted by atomic mass is 9.98. The average molecular weight is 410 g/mol. The molecule has 0 saturated heterocycles. The van der Waals surface area contributed by atoms with Crippen LogP contribution < -0.4 is 5.32 Å². The van der Waals surface area contributed by atoms with Gasteiger partial charge in [0.2, 0.25) is 5.91 Å². The summed E-state index contributed by atoms with van der Waals surface area (Å²) in [6.45, 7) is 3.34. The molecular weight excluding hydrogens is 384 g/mol. The topological polar surface area (TPSA) is 95.9 Å². The number of carbonyl (C=O) groups excluding carboxylic acids is 2. The summed E-state index contributed by atoms with van der Waals surface area (Å²) >= 11 is 0. The van der Waals surface area contributed by atoms with Crippen molar-refractivity contribution in [3.63, 3.8) is 0 Å². The predicted octanol–water partition coefficient (Wildman–Crippen LogP) is 3.24. The molecule has 2 amide bonds. The number of likely N-dealkylation sites (N-methyl/N-ethyl adjacent to an activating group) is 1. The zero-order chi connectivity index (χ0) is 21.9. The highest BCUT2D eigenvalue weighted by Gasteiger charge is 2.34. The molecule has 158 valence electrons. The normalized spacial score (nSPS) is 12.6. The van der Waals surface area contributed by atoms with Gasteiger partial charge in [0.05, 0.1) is 6.42 Å². The Morgan fingerprint density at radius 1 is 1.03 bits per heavy atom. The zero-order valence-corrected chi connectivity index (χ0v) is 17.3. The first-order chi connectivity index (χ1) is 14.2. The number of fused-ring (bicyclic) bond motifs is 3. The fourth-order valence-electron chi connectivity index (χ4n) is 3.79. The second kappa shape index (κ2) is 8.57. The third-order valence-corrected chi connectivity index (χ3v) is 5.30. The van der Waals surface area contributed by atoms with E-state index in [1.54, 1.807) is 13.8 Å². The van der Waals surface area contributed by atoms with E-state index in [0.29, 0.717) is 0 Å². The van der Waals surface area contributed by atoms with Crippen LogP contribution in [0.25, 0.3) is 11.1 Å². The van der Waals surface area contributed by atoms with Crippen LogP contribution in [0, 0.1) is 0 Å². The minimum atomic E-state index is -1.23. The average Bonchev–Trinajstić information content (AvgIpc) is 3.03. The Labute approximate surface area is 175 Å². The van der Waals surface area contributed by atoms with Crippen molar-refractivity contribution in [3.05, 3.63) is 59.7 Å². The molecule has 3 rings (SSSR count). The minimum Gasteiger partial charge on any atom is -0.481 e. The summed E-state index contributed by atoms with van der Waals surface area (Å²) in [5.74, 6) is -1.45. The smallest absolute Gasteiger partial charge is 0.408 e. The summed E-state index contributed by atoms with van der Waals surface area (Å²) in [5.41, 5.74) is 3.26. The van der Waals surface area contributed by atoms with Gasteiger partial charge in [0.25, 0.3) is 0 Å². The molecule has 0 atom stereocenters. The van der Waals surface area contributed by atoms with Crippen LogP contribution in [0.3, 0.4) is 0 Å². The number of rotatable bonds is 7. The van der Waals surface area contributed by atoms with Crippen molar-refractivity contribution < 1.29 is 24.2 Å². The van der Waals surface area contributed by atoms with Gasteiger partial charge in [-0.25, -0.2) is 4.79 Å². The van der Waals surface area contributed by atoms with Gasteiger partial charge in [0.15, 0.2) is 0 Å². The van der Waals surface area contributed by atoms with Crippen molar-refractivity contribution in [3.8, 4) is 11.1 Å². The van der Waals surface area contributed by atoms with Crippen molar-refractivity contribution in [2.45, 2.75) is 31.7 Å². The lowest BCUT2D eigenvalue weighted by Crippen LogP contribution is -2.55. The maximum Gasteiger partial charge on any atom is 0.408 e. The molecule has 0 radical (unpaired) electrons. The Morgan fingerprint density at radius 2 is 1.57 bits per heavy atom.